The van der Waals surface area contributed by atoms with Crippen LogP contribution in [-0.4, -0.2) is 82.3 Å². The number of thiazole rings is 1. The van der Waals surface area contributed by atoms with Crippen LogP contribution in [0, 0.1) is 12.8 Å². The van der Waals surface area contributed by atoms with Gasteiger partial charge in [-0.25, -0.2) is 9.78 Å². The molecule has 5 rings (SSSR count). The lowest BCUT2D eigenvalue weighted by Crippen LogP contribution is -2.58. The standard InChI is InChI=1S/C26H33N5O3S/c1-19-27-22(18-35-19)23(32)30-13-9-21(10-14-30)26(17-20-7-3-2-4-8-20)24(33)31(25(34)28-26)16-15-29-11-5-6-12-29/h2-4,7-8,18,21H,5-6,9-17H2,1H3,(H,28,34). The molecule has 1 unspecified atom stereocenters. The fraction of sp³-hybridized carbons (Fsp3) is 0.538. The van der Waals surface area contributed by atoms with E-state index in [0.29, 0.717) is 44.6 Å². The quantitative estimate of drug-likeness (QED) is 0.597. The van der Waals surface area contributed by atoms with E-state index in [9.17, 15) is 14.4 Å². The van der Waals surface area contributed by atoms with Gasteiger partial charge < -0.3 is 15.1 Å². The zero-order valence-corrected chi connectivity index (χ0v) is 21.1. The van der Waals surface area contributed by atoms with Crippen molar-refractivity contribution in [2.45, 2.75) is 44.6 Å². The molecule has 0 saturated carbocycles. The number of carbonyl (C=O) groups is 3. The number of imide groups is 1. The van der Waals surface area contributed by atoms with E-state index in [2.05, 4.69) is 15.2 Å². The van der Waals surface area contributed by atoms with Gasteiger partial charge in [0.05, 0.1) is 5.01 Å². The second kappa shape index (κ2) is 10.1. The van der Waals surface area contributed by atoms with Crippen LogP contribution in [0.5, 0.6) is 0 Å². The van der Waals surface area contributed by atoms with E-state index < -0.39 is 5.54 Å². The molecular weight excluding hydrogens is 462 g/mol. The summed E-state index contributed by atoms with van der Waals surface area (Å²) in [5.74, 6) is -0.221. The first-order chi connectivity index (χ1) is 17.0. The predicted molar refractivity (Wildman–Crippen MR) is 134 cm³/mol. The van der Waals surface area contributed by atoms with Crippen molar-refractivity contribution < 1.29 is 14.4 Å². The van der Waals surface area contributed by atoms with Gasteiger partial charge in [-0.1, -0.05) is 30.3 Å². The van der Waals surface area contributed by atoms with Gasteiger partial charge in [0.15, 0.2) is 0 Å². The van der Waals surface area contributed by atoms with E-state index in [0.717, 1.165) is 30.2 Å². The summed E-state index contributed by atoms with van der Waals surface area (Å²) in [4.78, 5) is 49.9. The van der Waals surface area contributed by atoms with Crippen LogP contribution in [0.2, 0.25) is 0 Å². The van der Waals surface area contributed by atoms with Gasteiger partial charge in [0.2, 0.25) is 0 Å². The van der Waals surface area contributed by atoms with E-state index in [-0.39, 0.29) is 23.8 Å². The number of amides is 4. The van der Waals surface area contributed by atoms with Gasteiger partial charge in [-0.3, -0.25) is 14.5 Å². The first-order valence-electron chi connectivity index (χ1n) is 12.6. The monoisotopic (exact) mass is 495 g/mol. The molecule has 3 aliphatic heterocycles. The van der Waals surface area contributed by atoms with Gasteiger partial charge in [0.1, 0.15) is 11.2 Å². The average Bonchev–Trinajstić information content (AvgIpc) is 3.60. The van der Waals surface area contributed by atoms with Crippen LogP contribution in [0.15, 0.2) is 35.7 Å². The Kier molecular flexibility index (Phi) is 6.88. The number of likely N-dealkylation sites (tertiary alicyclic amines) is 2. The minimum Gasteiger partial charge on any atom is -0.337 e. The summed E-state index contributed by atoms with van der Waals surface area (Å²) in [5, 5.41) is 5.82. The van der Waals surface area contributed by atoms with Crippen LogP contribution < -0.4 is 5.32 Å². The van der Waals surface area contributed by atoms with Crippen molar-refractivity contribution >= 4 is 29.2 Å². The highest BCUT2D eigenvalue weighted by atomic mass is 32.1. The third-order valence-electron chi connectivity index (χ3n) is 7.68. The molecule has 2 aromatic rings. The number of aromatic nitrogens is 1. The molecule has 4 heterocycles. The molecule has 0 radical (unpaired) electrons. The van der Waals surface area contributed by atoms with Crippen LogP contribution in [0.25, 0.3) is 0 Å². The number of piperidine rings is 1. The minimum absolute atomic E-state index is 0.0443. The highest BCUT2D eigenvalue weighted by Gasteiger charge is 2.56. The zero-order chi connectivity index (χ0) is 24.4. The number of aryl methyl sites for hydroxylation is 1. The van der Waals surface area contributed by atoms with Crippen molar-refractivity contribution in [3.8, 4) is 0 Å². The Bertz CT molecular complexity index is 1080. The minimum atomic E-state index is -0.976. The van der Waals surface area contributed by atoms with Crippen LogP contribution in [0.1, 0.15) is 46.7 Å². The molecule has 4 amide bonds. The SMILES string of the molecule is Cc1nc(C(=O)N2CCC(C3(Cc4ccccc4)NC(=O)N(CCN4CCCC4)C3=O)CC2)cs1. The number of carbonyl (C=O) groups excluding carboxylic acids is 3. The highest BCUT2D eigenvalue weighted by molar-refractivity contribution is 7.09. The Morgan fingerprint density at radius 3 is 2.46 bits per heavy atom. The third kappa shape index (κ3) is 4.84. The summed E-state index contributed by atoms with van der Waals surface area (Å²) in [7, 11) is 0. The predicted octanol–water partition coefficient (Wildman–Crippen LogP) is 2.93. The lowest BCUT2D eigenvalue weighted by atomic mass is 9.74. The summed E-state index contributed by atoms with van der Waals surface area (Å²) in [6, 6.07) is 9.62. The van der Waals surface area contributed by atoms with Crippen LogP contribution in [0.3, 0.4) is 0 Å². The Labute approximate surface area is 210 Å². The number of hydrogen-bond donors (Lipinski definition) is 1. The summed E-state index contributed by atoms with van der Waals surface area (Å²) < 4.78 is 0. The van der Waals surface area contributed by atoms with Crippen LogP contribution in [0.4, 0.5) is 4.79 Å². The third-order valence-corrected chi connectivity index (χ3v) is 8.46. The van der Waals surface area contributed by atoms with Crippen molar-refractivity contribution in [3.05, 3.63) is 52.0 Å². The normalized spacial score (nSPS) is 23.8. The molecule has 1 atom stereocenters. The van der Waals surface area contributed by atoms with E-state index >= 15 is 0 Å². The van der Waals surface area contributed by atoms with Crippen molar-refractivity contribution in [2.24, 2.45) is 5.92 Å². The number of rotatable bonds is 7. The van der Waals surface area contributed by atoms with Gasteiger partial charge in [-0.05, 0) is 57.2 Å². The number of urea groups is 1. The highest BCUT2D eigenvalue weighted by Crippen LogP contribution is 2.37. The van der Waals surface area contributed by atoms with Gasteiger partial charge in [-0.15, -0.1) is 11.3 Å². The molecule has 0 bridgehead atoms. The molecule has 3 fully saturated rings. The van der Waals surface area contributed by atoms with Gasteiger partial charge >= 0.3 is 6.03 Å². The fourth-order valence-corrected chi connectivity index (χ4v) is 6.34. The molecule has 9 heteroatoms. The Balaban J connectivity index is 1.33. The Morgan fingerprint density at radius 2 is 1.80 bits per heavy atom. The molecule has 1 aromatic carbocycles. The van der Waals surface area contributed by atoms with E-state index in [1.165, 1.54) is 29.1 Å². The van der Waals surface area contributed by atoms with E-state index in [4.69, 9.17) is 0 Å². The molecule has 3 saturated heterocycles. The van der Waals surface area contributed by atoms with Gasteiger partial charge in [0.25, 0.3) is 11.8 Å². The van der Waals surface area contributed by atoms with Crippen molar-refractivity contribution in [2.75, 3.05) is 39.3 Å². The van der Waals surface area contributed by atoms with E-state index in [1.807, 2.05) is 42.2 Å². The molecular formula is C26H33N5O3S. The molecule has 0 aliphatic carbocycles. The Morgan fingerprint density at radius 1 is 1.09 bits per heavy atom. The first kappa shape index (κ1) is 23.9. The molecule has 3 aliphatic rings. The summed E-state index contributed by atoms with van der Waals surface area (Å²) >= 11 is 1.47. The lowest BCUT2D eigenvalue weighted by molar-refractivity contribution is -0.134. The van der Waals surface area contributed by atoms with Crippen molar-refractivity contribution in [1.82, 2.24) is 25.0 Å². The summed E-state index contributed by atoms with van der Waals surface area (Å²) in [6.07, 6.45) is 4.13. The van der Waals surface area contributed by atoms with Crippen LogP contribution in [-0.2, 0) is 11.2 Å². The topological polar surface area (TPSA) is 85.8 Å². The van der Waals surface area contributed by atoms with Crippen molar-refractivity contribution in [3.63, 3.8) is 0 Å². The number of benzene rings is 1. The number of nitrogens with one attached hydrogen (secondary N) is 1. The molecule has 1 aromatic heterocycles. The second-order valence-corrected chi connectivity index (χ2v) is 10.9. The van der Waals surface area contributed by atoms with E-state index in [1.54, 1.807) is 5.38 Å². The molecule has 35 heavy (non-hydrogen) atoms. The zero-order valence-electron chi connectivity index (χ0n) is 20.2. The maximum Gasteiger partial charge on any atom is 0.325 e. The number of nitrogens with zero attached hydrogens (tertiary/aromatic N) is 4. The lowest BCUT2D eigenvalue weighted by Gasteiger charge is -2.41. The molecule has 186 valence electrons. The molecule has 1 N–H and O–H groups in total. The number of hydrogen-bond acceptors (Lipinski definition) is 6. The molecule has 0 spiro atoms. The van der Waals surface area contributed by atoms with Crippen molar-refractivity contribution in [1.29, 1.82) is 0 Å². The fourth-order valence-electron chi connectivity index (χ4n) is 5.75. The molecule has 8 nitrogen and oxygen atoms in total. The summed E-state index contributed by atoms with van der Waals surface area (Å²) in [6.45, 7) is 6.20. The van der Waals surface area contributed by atoms with Gasteiger partial charge in [-0.2, -0.15) is 0 Å². The smallest absolute Gasteiger partial charge is 0.325 e. The van der Waals surface area contributed by atoms with Crippen LogP contribution >= 0.6 is 11.3 Å². The second-order valence-electron chi connectivity index (χ2n) is 9.89. The maximum atomic E-state index is 13.9. The van der Waals surface area contributed by atoms with Gasteiger partial charge in [0, 0.05) is 38.0 Å². The average molecular weight is 496 g/mol. The largest absolute Gasteiger partial charge is 0.337 e. The first-order valence-corrected chi connectivity index (χ1v) is 13.5. The summed E-state index contributed by atoms with van der Waals surface area (Å²) in [5.41, 5.74) is 0.540. The Hall–Kier alpha value is -2.78. The maximum absolute atomic E-state index is 13.9.